The molecule has 0 unspecified atom stereocenters. The third-order valence-corrected chi connectivity index (χ3v) is 7.73. The summed E-state index contributed by atoms with van der Waals surface area (Å²) in [6, 6.07) is 20.6. The second kappa shape index (κ2) is 14.4. The molecule has 4 amide bonds. The highest BCUT2D eigenvalue weighted by Gasteiger charge is 2.35. The summed E-state index contributed by atoms with van der Waals surface area (Å²) in [5, 5.41) is 11.2. The Balaban J connectivity index is 1.37. The number of ketones is 1. The zero-order valence-corrected chi connectivity index (χ0v) is 24.4. The molecular weight excluding hydrogens is 579 g/mol. The van der Waals surface area contributed by atoms with Crippen molar-refractivity contribution in [1.82, 2.24) is 21.3 Å². The van der Waals surface area contributed by atoms with Gasteiger partial charge in [-0.2, -0.15) is 0 Å². The second-order valence-corrected chi connectivity index (χ2v) is 10.9. The lowest BCUT2D eigenvalue weighted by atomic mass is 9.89. The summed E-state index contributed by atoms with van der Waals surface area (Å²) in [6.45, 7) is 0.579. The van der Waals surface area contributed by atoms with Crippen molar-refractivity contribution in [3.05, 3.63) is 108 Å². The van der Waals surface area contributed by atoms with E-state index in [-0.39, 0.29) is 36.6 Å². The molecule has 11 heteroatoms. The number of benzene rings is 3. The summed E-state index contributed by atoms with van der Waals surface area (Å²) >= 11 is 0. The lowest BCUT2D eigenvalue weighted by Gasteiger charge is -2.27. The molecule has 3 aromatic carbocycles. The molecule has 3 atom stereocenters. The van der Waals surface area contributed by atoms with Gasteiger partial charge in [0.25, 0.3) is 11.8 Å². The highest BCUT2D eigenvalue weighted by atomic mass is 19.1. The van der Waals surface area contributed by atoms with Crippen LogP contribution in [0.1, 0.15) is 40.9 Å². The monoisotopic (exact) mass is 612 g/mol. The highest BCUT2D eigenvalue weighted by molar-refractivity contribution is 6.38. The molecule has 0 spiro atoms. The number of hydrogen-bond donors (Lipinski definition) is 4. The van der Waals surface area contributed by atoms with Crippen LogP contribution in [0.2, 0.25) is 0 Å². The molecule has 0 saturated carbocycles. The van der Waals surface area contributed by atoms with E-state index in [0.717, 1.165) is 5.56 Å². The third-order valence-electron chi connectivity index (χ3n) is 7.73. The Bertz CT molecular complexity index is 1670. The van der Waals surface area contributed by atoms with Crippen LogP contribution in [-0.4, -0.2) is 48.0 Å². The molecule has 4 aromatic rings. The Kier molecular flexibility index (Phi) is 9.98. The van der Waals surface area contributed by atoms with E-state index in [1.165, 1.54) is 24.3 Å². The van der Waals surface area contributed by atoms with Gasteiger partial charge in [-0.1, -0.05) is 66.7 Å². The van der Waals surface area contributed by atoms with Gasteiger partial charge < -0.3 is 25.7 Å². The van der Waals surface area contributed by atoms with Gasteiger partial charge in [-0.3, -0.25) is 24.0 Å². The molecule has 2 heterocycles. The first-order valence-electron chi connectivity index (χ1n) is 14.8. The molecule has 0 bridgehead atoms. The summed E-state index contributed by atoms with van der Waals surface area (Å²) in [4.78, 5) is 66.0. The van der Waals surface area contributed by atoms with E-state index in [1.54, 1.807) is 54.6 Å². The fraction of sp³-hybridized carbons (Fsp3) is 0.265. The third kappa shape index (κ3) is 7.99. The van der Waals surface area contributed by atoms with Gasteiger partial charge in [0.2, 0.25) is 17.6 Å². The van der Waals surface area contributed by atoms with Crippen LogP contribution in [0, 0.1) is 11.7 Å². The molecule has 10 nitrogen and oxygen atoms in total. The number of nitrogens with one attached hydrogen (secondary N) is 4. The molecule has 1 fully saturated rings. The van der Waals surface area contributed by atoms with Crippen LogP contribution >= 0.6 is 0 Å². The fourth-order valence-corrected chi connectivity index (χ4v) is 5.29. The topological polar surface area (TPSA) is 147 Å². The van der Waals surface area contributed by atoms with Gasteiger partial charge in [0.1, 0.15) is 17.4 Å². The van der Waals surface area contributed by atoms with Crippen LogP contribution in [0.5, 0.6) is 0 Å². The van der Waals surface area contributed by atoms with E-state index in [4.69, 9.17) is 4.42 Å². The number of Topliss-reactive ketones (excluding diaryl/α,β-unsaturated/α-hetero) is 1. The van der Waals surface area contributed by atoms with Gasteiger partial charge in [-0.15, -0.1) is 0 Å². The van der Waals surface area contributed by atoms with E-state index in [9.17, 15) is 28.4 Å². The quantitative estimate of drug-likeness (QED) is 0.181. The van der Waals surface area contributed by atoms with Crippen LogP contribution in [0.4, 0.5) is 4.39 Å². The number of furan rings is 1. The minimum Gasteiger partial charge on any atom is -0.451 e. The van der Waals surface area contributed by atoms with Gasteiger partial charge in [-0.05, 0) is 48.6 Å². The number of carbonyl (C=O) groups excluding carboxylic acids is 5. The number of rotatable bonds is 12. The predicted octanol–water partition coefficient (Wildman–Crippen LogP) is 3.20. The Morgan fingerprint density at radius 1 is 0.911 bits per heavy atom. The highest BCUT2D eigenvalue weighted by Crippen LogP contribution is 2.21. The largest absolute Gasteiger partial charge is 0.451 e. The molecule has 5 rings (SSSR count). The molecule has 0 radical (unpaired) electrons. The van der Waals surface area contributed by atoms with Crippen LogP contribution < -0.4 is 21.3 Å². The molecule has 0 aliphatic carbocycles. The van der Waals surface area contributed by atoms with E-state index in [2.05, 4.69) is 21.3 Å². The first kappa shape index (κ1) is 31.1. The fourth-order valence-electron chi connectivity index (χ4n) is 5.29. The molecule has 1 saturated heterocycles. The van der Waals surface area contributed by atoms with Crippen molar-refractivity contribution in [2.75, 3.05) is 6.54 Å². The standard InChI is InChI=1S/C34H33FN4O6/c35-25-14-6-4-11-22(25)17-27(39-33(43)29-19-23-12-5-7-15-28(23)45-29)32(42)38-26(18-24-13-8-16-36-31(24)41)30(40)34(44)37-20-21-9-2-1-3-10-21/h1-7,9-12,14-15,19,24,26-27H,8,13,16-18,20H2,(H,36,41)(H,37,44)(H,38,42)(H,39,43)/t24-,26-,27-/m0/s1. The average Bonchev–Trinajstić information content (AvgIpc) is 3.50. The number of hydrogen-bond acceptors (Lipinski definition) is 6. The van der Waals surface area contributed by atoms with Crippen LogP contribution in [0.3, 0.4) is 0 Å². The smallest absolute Gasteiger partial charge is 0.289 e. The Morgan fingerprint density at radius 2 is 1.64 bits per heavy atom. The van der Waals surface area contributed by atoms with Gasteiger partial charge in [0.05, 0.1) is 6.04 Å². The number of piperidine rings is 1. The van der Waals surface area contributed by atoms with Crippen LogP contribution in [-0.2, 0) is 32.1 Å². The summed E-state index contributed by atoms with van der Waals surface area (Å²) in [6.07, 6.45) is 0.766. The zero-order chi connectivity index (χ0) is 31.8. The summed E-state index contributed by atoms with van der Waals surface area (Å²) < 4.78 is 20.3. The normalized spacial score (nSPS) is 15.8. The van der Waals surface area contributed by atoms with Crippen molar-refractivity contribution in [3.63, 3.8) is 0 Å². The number of fused-ring (bicyclic) bond motifs is 1. The van der Waals surface area contributed by atoms with Crippen molar-refractivity contribution >= 4 is 40.4 Å². The van der Waals surface area contributed by atoms with Crippen molar-refractivity contribution in [2.45, 2.75) is 44.3 Å². The van der Waals surface area contributed by atoms with Gasteiger partial charge >= 0.3 is 0 Å². The first-order chi connectivity index (χ1) is 21.8. The van der Waals surface area contributed by atoms with E-state index < -0.39 is 47.3 Å². The summed E-state index contributed by atoms with van der Waals surface area (Å²) in [5.41, 5.74) is 1.39. The maximum Gasteiger partial charge on any atom is 0.289 e. The molecule has 4 N–H and O–H groups in total. The van der Waals surface area contributed by atoms with Crippen molar-refractivity contribution in [1.29, 1.82) is 0 Å². The lowest BCUT2D eigenvalue weighted by Crippen LogP contribution is -2.55. The first-order valence-corrected chi connectivity index (χ1v) is 14.8. The molecule has 1 aromatic heterocycles. The molecule has 1 aliphatic rings. The number of amides is 4. The van der Waals surface area contributed by atoms with Gasteiger partial charge in [-0.25, -0.2) is 4.39 Å². The zero-order valence-electron chi connectivity index (χ0n) is 24.4. The SMILES string of the molecule is O=C(NCc1ccccc1)C(=O)[C@H](C[C@@H]1CCCNC1=O)NC(=O)[C@H](Cc1ccccc1F)NC(=O)c1cc2ccccc2o1. The summed E-state index contributed by atoms with van der Waals surface area (Å²) in [5.74, 6) is -4.97. The lowest BCUT2D eigenvalue weighted by molar-refractivity contribution is -0.141. The second-order valence-electron chi connectivity index (χ2n) is 10.9. The number of carbonyl (C=O) groups is 5. The van der Waals surface area contributed by atoms with Gasteiger partial charge in [0, 0.05) is 30.8 Å². The Labute approximate surface area is 258 Å². The Morgan fingerprint density at radius 3 is 2.40 bits per heavy atom. The molecule has 45 heavy (non-hydrogen) atoms. The number of halogens is 1. The maximum atomic E-state index is 14.7. The number of para-hydroxylation sites is 1. The van der Waals surface area contributed by atoms with E-state index in [0.29, 0.717) is 30.4 Å². The Hall–Kier alpha value is -5.32. The van der Waals surface area contributed by atoms with E-state index in [1.807, 2.05) is 6.07 Å². The molecule has 1 aliphatic heterocycles. The van der Waals surface area contributed by atoms with Crippen LogP contribution in [0.15, 0.2) is 89.3 Å². The average molecular weight is 613 g/mol. The van der Waals surface area contributed by atoms with E-state index >= 15 is 0 Å². The predicted molar refractivity (Wildman–Crippen MR) is 163 cm³/mol. The van der Waals surface area contributed by atoms with Crippen molar-refractivity contribution in [2.24, 2.45) is 5.92 Å². The van der Waals surface area contributed by atoms with Crippen molar-refractivity contribution in [3.8, 4) is 0 Å². The minimum absolute atomic E-state index is 0.0608. The van der Waals surface area contributed by atoms with Crippen LogP contribution in [0.25, 0.3) is 11.0 Å². The summed E-state index contributed by atoms with van der Waals surface area (Å²) in [7, 11) is 0. The molecule has 232 valence electrons. The molecular formula is C34H33FN4O6. The minimum atomic E-state index is -1.38. The van der Waals surface area contributed by atoms with Gasteiger partial charge in [0.15, 0.2) is 5.76 Å². The maximum absolute atomic E-state index is 14.7. The van der Waals surface area contributed by atoms with Crippen molar-refractivity contribution < 1.29 is 32.8 Å².